The monoisotopic (exact) mass is 355 g/mol. The molecule has 0 aliphatic carbocycles. The molecule has 1 aromatic heterocycles. The minimum absolute atomic E-state index is 0.819. The summed E-state index contributed by atoms with van der Waals surface area (Å²) in [5.41, 5.74) is 3.60. The zero-order chi connectivity index (χ0) is 15.5. The van der Waals surface area contributed by atoms with Crippen LogP contribution in [0.4, 0.5) is 5.69 Å². The summed E-state index contributed by atoms with van der Waals surface area (Å²) in [5.74, 6) is 0.990. The van der Waals surface area contributed by atoms with Crippen LogP contribution in [0, 0.1) is 0 Å². The average molecular weight is 356 g/mol. The van der Waals surface area contributed by atoms with Crippen molar-refractivity contribution in [2.45, 2.75) is 6.54 Å². The first-order valence-electron chi connectivity index (χ1n) is 7.17. The Kier molecular flexibility index (Phi) is 4.29. The van der Waals surface area contributed by atoms with Gasteiger partial charge in [0.15, 0.2) is 0 Å². The molecule has 0 aliphatic heterocycles. The first-order chi connectivity index (χ1) is 10.6. The Balaban J connectivity index is 1.84. The lowest BCUT2D eigenvalue weighted by atomic mass is 10.2. The van der Waals surface area contributed by atoms with Gasteiger partial charge in [-0.25, -0.2) is 4.98 Å². The lowest BCUT2D eigenvalue weighted by Crippen LogP contribution is -2.08. The second-order valence-corrected chi connectivity index (χ2v) is 6.36. The summed E-state index contributed by atoms with van der Waals surface area (Å²) in [6.07, 6.45) is 3.88. The molecule has 0 N–H and O–H groups in total. The van der Waals surface area contributed by atoms with E-state index in [9.17, 15) is 0 Å². The Morgan fingerprint density at radius 1 is 1.00 bits per heavy atom. The Hall–Kier alpha value is -2.07. The second kappa shape index (κ2) is 6.36. The maximum atomic E-state index is 4.50. The highest BCUT2D eigenvalue weighted by molar-refractivity contribution is 9.10. The number of imidazole rings is 1. The summed E-state index contributed by atoms with van der Waals surface area (Å²) in [6.45, 7) is 0.819. The molecule has 4 heteroatoms. The van der Waals surface area contributed by atoms with Crippen molar-refractivity contribution in [3.63, 3.8) is 0 Å². The van der Waals surface area contributed by atoms with Crippen molar-refractivity contribution >= 4 is 21.6 Å². The van der Waals surface area contributed by atoms with Gasteiger partial charge in [0.05, 0.1) is 0 Å². The van der Waals surface area contributed by atoms with Crippen LogP contribution in [-0.2, 0) is 6.54 Å². The van der Waals surface area contributed by atoms with Gasteiger partial charge in [-0.05, 0) is 29.8 Å². The van der Waals surface area contributed by atoms with Crippen LogP contribution in [0.15, 0.2) is 65.4 Å². The van der Waals surface area contributed by atoms with Crippen LogP contribution in [0.1, 0.15) is 5.56 Å². The van der Waals surface area contributed by atoms with Crippen molar-refractivity contribution in [3.8, 4) is 11.4 Å². The third-order valence-corrected chi connectivity index (χ3v) is 4.15. The van der Waals surface area contributed by atoms with Crippen molar-refractivity contribution < 1.29 is 0 Å². The molecule has 0 saturated heterocycles. The molecule has 2 aromatic carbocycles. The number of aromatic nitrogens is 2. The molecular weight excluding hydrogens is 338 g/mol. The van der Waals surface area contributed by atoms with Crippen LogP contribution < -0.4 is 4.90 Å². The SMILES string of the molecule is CN(C)c1ccc(Cn2ccnc2-c2ccc(Br)cc2)cc1. The maximum Gasteiger partial charge on any atom is 0.140 e. The molecule has 3 aromatic rings. The van der Waals surface area contributed by atoms with Gasteiger partial charge in [-0.15, -0.1) is 0 Å². The molecule has 22 heavy (non-hydrogen) atoms. The number of hydrogen-bond donors (Lipinski definition) is 0. The molecule has 1 heterocycles. The van der Waals surface area contributed by atoms with Crippen molar-refractivity contribution in [3.05, 3.63) is 71.0 Å². The van der Waals surface area contributed by atoms with Gasteiger partial charge in [0.2, 0.25) is 0 Å². The van der Waals surface area contributed by atoms with Gasteiger partial charge >= 0.3 is 0 Å². The number of nitrogens with zero attached hydrogens (tertiary/aromatic N) is 3. The van der Waals surface area contributed by atoms with E-state index in [1.807, 2.05) is 24.5 Å². The van der Waals surface area contributed by atoms with Crippen LogP contribution in [0.2, 0.25) is 0 Å². The number of halogens is 1. The molecule has 0 spiro atoms. The summed E-state index contributed by atoms with van der Waals surface area (Å²) < 4.78 is 3.25. The predicted octanol–water partition coefficient (Wildman–Crippen LogP) is 4.43. The van der Waals surface area contributed by atoms with Crippen LogP contribution in [0.5, 0.6) is 0 Å². The zero-order valence-corrected chi connectivity index (χ0v) is 14.3. The third-order valence-electron chi connectivity index (χ3n) is 3.62. The van der Waals surface area contributed by atoms with E-state index in [-0.39, 0.29) is 0 Å². The van der Waals surface area contributed by atoms with Gasteiger partial charge in [-0.2, -0.15) is 0 Å². The van der Waals surface area contributed by atoms with Crippen molar-refractivity contribution in [1.29, 1.82) is 0 Å². The third kappa shape index (κ3) is 3.22. The van der Waals surface area contributed by atoms with E-state index in [1.165, 1.54) is 11.3 Å². The molecule has 0 fully saturated rings. The van der Waals surface area contributed by atoms with E-state index in [0.717, 1.165) is 22.4 Å². The molecule has 0 amide bonds. The maximum absolute atomic E-state index is 4.50. The summed E-state index contributed by atoms with van der Waals surface area (Å²) in [5, 5.41) is 0. The van der Waals surface area contributed by atoms with Gasteiger partial charge < -0.3 is 9.47 Å². The highest BCUT2D eigenvalue weighted by Gasteiger charge is 2.06. The molecule has 0 bridgehead atoms. The Bertz CT molecular complexity index is 743. The smallest absolute Gasteiger partial charge is 0.140 e. The van der Waals surface area contributed by atoms with Crippen molar-refractivity contribution in [1.82, 2.24) is 9.55 Å². The van der Waals surface area contributed by atoms with Gasteiger partial charge in [-0.1, -0.05) is 40.2 Å². The highest BCUT2D eigenvalue weighted by atomic mass is 79.9. The Morgan fingerprint density at radius 2 is 1.68 bits per heavy atom. The average Bonchev–Trinajstić information content (AvgIpc) is 2.97. The second-order valence-electron chi connectivity index (χ2n) is 5.45. The topological polar surface area (TPSA) is 21.1 Å². The zero-order valence-electron chi connectivity index (χ0n) is 12.7. The molecule has 0 unspecified atom stereocenters. The first kappa shape index (κ1) is 14.9. The van der Waals surface area contributed by atoms with Crippen LogP contribution >= 0.6 is 15.9 Å². The number of benzene rings is 2. The largest absolute Gasteiger partial charge is 0.378 e. The molecular formula is C18H18BrN3. The lowest BCUT2D eigenvalue weighted by molar-refractivity contribution is 0.807. The minimum Gasteiger partial charge on any atom is -0.378 e. The molecule has 0 radical (unpaired) electrons. The van der Waals surface area contributed by atoms with Crippen molar-refractivity contribution in [2.24, 2.45) is 0 Å². The summed E-state index contributed by atoms with van der Waals surface area (Å²) in [7, 11) is 4.10. The van der Waals surface area contributed by atoms with Crippen LogP contribution in [-0.4, -0.2) is 23.6 Å². The fourth-order valence-corrected chi connectivity index (χ4v) is 2.66. The standard InChI is InChI=1S/C18H18BrN3/c1-21(2)17-9-3-14(4-10-17)13-22-12-11-20-18(22)15-5-7-16(19)8-6-15/h3-12H,13H2,1-2H3. The minimum atomic E-state index is 0.819. The van der Waals surface area contributed by atoms with E-state index < -0.39 is 0 Å². The number of rotatable bonds is 4. The molecule has 3 nitrogen and oxygen atoms in total. The number of hydrogen-bond acceptors (Lipinski definition) is 2. The number of anilines is 1. The quantitative estimate of drug-likeness (QED) is 0.690. The van der Waals surface area contributed by atoms with Crippen molar-refractivity contribution in [2.75, 3.05) is 19.0 Å². The summed E-state index contributed by atoms with van der Waals surface area (Å²) >= 11 is 3.47. The van der Waals surface area contributed by atoms with Gasteiger partial charge in [0.1, 0.15) is 5.82 Å². The normalized spacial score (nSPS) is 10.7. The van der Waals surface area contributed by atoms with Gasteiger partial charge in [-0.3, -0.25) is 0 Å². The van der Waals surface area contributed by atoms with E-state index >= 15 is 0 Å². The van der Waals surface area contributed by atoms with Crippen LogP contribution in [0.25, 0.3) is 11.4 Å². The van der Waals surface area contributed by atoms with E-state index in [0.29, 0.717) is 0 Å². The van der Waals surface area contributed by atoms with Gasteiger partial charge in [0, 0.05) is 48.8 Å². The summed E-state index contributed by atoms with van der Waals surface area (Å²) in [6, 6.07) is 16.9. The Morgan fingerprint density at radius 3 is 2.32 bits per heavy atom. The van der Waals surface area contributed by atoms with E-state index in [4.69, 9.17) is 0 Å². The molecule has 0 saturated carbocycles. The van der Waals surface area contributed by atoms with E-state index in [1.54, 1.807) is 0 Å². The van der Waals surface area contributed by atoms with Gasteiger partial charge in [0.25, 0.3) is 0 Å². The fourth-order valence-electron chi connectivity index (χ4n) is 2.39. The fraction of sp³-hybridized carbons (Fsp3) is 0.167. The molecule has 0 aliphatic rings. The summed E-state index contributed by atoms with van der Waals surface area (Å²) in [4.78, 5) is 6.60. The lowest BCUT2D eigenvalue weighted by Gasteiger charge is -2.13. The Labute approximate surface area is 139 Å². The highest BCUT2D eigenvalue weighted by Crippen LogP contribution is 2.21. The first-order valence-corrected chi connectivity index (χ1v) is 7.96. The predicted molar refractivity (Wildman–Crippen MR) is 95.2 cm³/mol. The molecule has 0 atom stereocenters. The van der Waals surface area contributed by atoms with Crippen LogP contribution in [0.3, 0.4) is 0 Å². The molecule has 3 rings (SSSR count). The molecule has 112 valence electrons. The van der Waals surface area contributed by atoms with E-state index in [2.05, 4.69) is 80.9 Å².